The number of rotatable bonds is 6. The Labute approximate surface area is 155 Å². The smallest absolute Gasteiger partial charge is 0.244 e. The number of para-hydroxylation sites is 1. The first kappa shape index (κ1) is 19.2. The zero-order valence-corrected chi connectivity index (χ0v) is 16.3. The van der Waals surface area contributed by atoms with Crippen molar-refractivity contribution in [1.29, 1.82) is 0 Å². The van der Waals surface area contributed by atoms with Crippen molar-refractivity contribution in [2.24, 2.45) is 11.7 Å². The molecule has 1 aliphatic heterocycles. The number of nitrogens with one attached hydrogen (secondary N) is 1. The van der Waals surface area contributed by atoms with Gasteiger partial charge in [-0.2, -0.15) is 0 Å². The van der Waals surface area contributed by atoms with Crippen LogP contribution in [0.25, 0.3) is 0 Å². The molecule has 6 nitrogen and oxygen atoms in total. The zero-order valence-electron chi connectivity index (χ0n) is 15.5. The van der Waals surface area contributed by atoms with Gasteiger partial charge in [-0.25, -0.2) is 13.1 Å². The molecule has 1 heterocycles. The quantitative estimate of drug-likeness (QED) is 0.792. The molecule has 1 aromatic carbocycles. The summed E-state index contributed by atoms with van der Waals surface area (Å²) in [5, 5.41) is 0. The van der Waals surface area contributed by atoms with E-state index in [1.807, 2.05) is 19.9 Å². The van der Waals surface area contributed by atoms with Gasteiger partial charge in [0.15, 0.2) is 0 Å². The number of fused-ring (bicyclic) bond motifs is 1. The second kappa shape index (κ2) is 7.19. The molecule has 0 saturated heterocycles. The van der Waals surface area contributed by atoms with E-state index in [-0.39, 0.29) is 17.2 Å². The summed E-state index contributed by atoms with van der Waals surface area (Å²) in [5.41, 5.74) is 5.85. The third-order valence-corrected chi connectivity index (χ3v) is 6.80. The van der Waals surface area contributed by atoms with Crippen LogP contribution in [0.3, 0.4) is 0 Å². The molecule has 3 rings (SSSR count). The maximum atomic E-state index is 13.1. The van der Waals surface area contributed by atoms with Crippen LogP contribution in [0.15, 0.2) is 23.1 Å². The van der Waals surface area contributed by atoms with Crippen LogP contribution >= 0.6 is 0 Å². The van der Waals surface area contributed by atoms with Crippen LogP contribution in [-0.4, -0.2) is 26.0 Å². The van der Waals surface area contributed by atoms with Crippen LogP contribution in [0.1, 0.15) is 57.9 Å². The van der Waals surface area contributed by atoms with E-state index >= 15 is 0 Å². The Morgan fingerprint density at radius 3 is 2.65 bits per heavy atom. The number of carbonyl (C=O) groups excluding carboxylic acids is 1. The van der Waals surface area contributed by atoms with Gasteiger partial charge in [0, 0.05) is 18.9 Å². The maximum Gasteiger partial charge on any atom is 0.244 e. The molecule has 7 heteroatoms. The number of benzene rings is 1. The Balaban J connectivity index is 1.88. The normalized spacial score (nSPS) is 21.0. The lowest BCUT2D eigenvalue weighted by molar-refractivity contribution is -0.118. The average Bonchev–Trinajstić information content (AvgIpc) is 2.87. The van der Waals surface area contributed by atoms with E-state index in [9.17, 15) is 13.2 Å². The fourth-order valence-electron chi connectivity index (χ4n) is 4.12. The van der Waals surface area contributed by atoms with E-state index in [1.165, 1.54) is 0 Å². The summed E-state index contributed by atoms with van der Waals surface area (Å²) in [6, 6.07) is 4.72. The summed E-state index contributed by atoms with van der Waals surface area (Å²) >= 11 is 0. The number of sulfonamides is 1. The summed E-state index contributed by atoms with van der Waals surface area (Å²) in [6.45, 7) is 3.88. The summed E-state index contributed by atoms with van der Waals surface area (Å²) in [6.07, 6.45) is 5.78. The molecule has 1 saturated carbocycles. The number of carbonyl (C=O) groups is 1. The molecule has 0 unspecified atom stereocenters. The number of nitrogens with two attached hydrogens (primary N) is 1. The Morgan fingerprint density at radius 1 is 1.31 bits per heavy atom. The standard InChI is InChI=1S/C19H28N2O4S/c1-19(2)12-14-9-6-10-16(18(14)25-19)26(23,24)21-15(11-17(20)22)13-7-4-3-5-8-13/h6,9-10,13,15,21H,3-5,7-8,11-12H2,1-2H3,(H2,20,22)/t15-/m0/s1. The van der Waals surface area contributed by atoms with E-state index in [1.54, 1.807) is 12.1 Å². The second-order valence-electron chi connectivity index (χ2n) is 8.08. The van der Waals surface area contributed by atoms with E-state index in [4.69, 9.17) is 10.5 Å². The van der Waals surface area contributed by atoms with Crippen molar-refractivity contribution < 1.29 is 17.9 Å². The van der Waals surface area contributed by atoms with Crippen LogP contribution in [0.4, 0.5) is 0 Å². The molecule has 1 atom stereocenters. The van der Waals surface area contributed by atoms with Crippen molar-refractivity contribution >= 4 is 15.9 Å². The van der Waals surface area contributed by atoms with Gasteiger partial charge in [0.1, 0.15) is 16.2 Å². The Morgan fingerprint density at radius 2 is 2.00 bits per heavy atom. The first-order valence-corrected chi connectivity index (χ1v) is 10.8. The summed E-state index contributed by atoms with van der Waals surface area (Å²) in [7, 11) is -3.81. The monoisotopic (exact) mass is 380 g/mol. The highest BCUT2D eigenvalue weighted by Gasteiger charge is 2.36. The van der Waals surface area contributed by atoms with Crippen molar-refractivity contribution in [2.75, 3.05) is 0 Å². The minimum atomic E-state index is -3.81. The number of hydrogen-bond acceptors (Lipinski definition) is 4. The third kappa shape index (κ3) is 4.20. The summed E-state index contributed by atoms with van der Waals surface area (Å²) < 4.78 is 34.9. The van der Waals surface area contributed by atoms with E-state index in [0.29, 0.717) is 12.2 Å². The van der Waals surface area contributed by atoms with Gasteiger partial charge in [0.25, 0.3) is 0 Å². The Kier molecular flexibility index (Phi) is 5.30. The molecular formula is C19H28N2O4S. The number of amides is 1. The van der Waals surface area contributed by atoms with Crippen molar-refractivity contribution in [2.45, 2.75) is 75.3 Å². The predicted molar refractivity (Wildman–Crippen MR) is 99.3 cm³/mol. The SMILES string of the molecule is CC1(C)Cc2cccc(S(=O)(=O)N[C@@H](CC(N)=O)C3CCCCC3)c2O1. The molecule has 0 radical (unpaired) electrons. The predicted octanol–water partition coefficient (Wildman–Crippen LogP) is 2.50. The van der Waals surface area contributed by atoms with Crippen LogP contribution in [0, 0.1) is 5.92 Å². The van der Waals surface area contributed by atoms with Crippen molar-refractivity contribution in [3.63, 3.8) is 0 Å². The van der Waals surface area contributed by atoms with Gasteiger partial charge < -0.3 is 10.5 Å². The molecule has 1 aromatic rings. The first-order chi connectivity index (χ1) is 12.2. The van der Waals surface area contributed by atoms with E-state index in [0.717, 1.165) is 37.7 Å². The lowest BCUT2D eigenvalue weighted by Gasteiger charge is -2.30. The molecule has 0 bridgehead atoms. The van der Waals surface area contributed by atoms with Crippen LogP contribution in [0.2, 0.25) is 0 Å². The van der Waals surface area contributed by atoms with Gasteiger partial charge in [0.2, 0.25) is 15.9 Å². The van der Waals surface area contributed by atoms with Crippen LogP contribution < -0.4 is 15.2 Å². The van der Waals surface area contributed by atoms with E-state index < -0.39 is 27.6 Å². The molecule has 0 spiro atoms. The van der Waals surface area contributed by atoms with Crippen LogP contribution in [0.5, 0.6) is 5.75 Å². The van der Waals surface area contributed by atoms with Crippen LogP contribution in [-0.2, 0) is 21.2 Å². The Hall–Kier alpha value is -1.60. The van der Waals surface area contributed by atoms with Gasteiger partial charge in [-0.1, -0.05) is 31.4 Å². The fourth-order valence-corrected chi connectivity index (χ4v) is 5.60. The van der Waals surface area contributed by atoms with Gasteiger partial charge >= 0.3 is 0 Å². The highest BCUT2D eigenvalue weighted by molar-refractivity contribution is 7.89. The third-order valence-electron chi connectivity index (χ3n) is 5.29. The molecule has 2 aliphatic rings. The molecule has 1 amide bonds. The molecule has 144 valence electrons. The lowest BCUT2D eigenvalue weighted by Crippen LogP contribution is -2.43. The highest BCUT2D eigenvalue weighted by Crippen LogP contribution is 2.40. The topological polar surface area (TPSA) is 98.5 Å². The maximum absolute atomic E-state index is 13.1. The molecular weight excluding hydrogens is 352 g/mol. The highest BCUT2D eigenvalue weighted by atomic mass is 32.2. The van der Waals surface area contributed by atoms with Gasteiger partial charge in [-0.05, 0) is 44.2 Å². The first-order valence-electron chi connectivity index (χ1n) is 9.29. The van der Waals surface area contributed by atoms with Gasteiger partial charge in [-0.15, -0.1) is 0 Å². The van der Waals surface area contributed by atoms with Gasteiger partial charge in [0.05, 0.1) is 0 Å². The van der Waals surface area contributed by atoms with Gasteiger partial charge in [-0.3, -0.25) is 4.79 Å². The van der Waals surface area contributed by atoms with Crippen molar-refractivity contribution in [3.8, 4) is 5.75 Å². The van der Waals surface area contributed by atoms with E-state index in [2.05, 4.69) is 4.72 Å². The van der Waals surface area contributed by atoms with Crippen molar-refractivity contribution in [1.82, 2.24) is 4.72 Å². The average molecular weight is 381 g/mol. The summed E-state index contributed by atoms with van der Waals surface area (Å²) in [5.74, 6) is 0.0746. The number of primary amides is 1. The fraction of sp³-hybridized carbons (Fsp3) is 0.632. The zero-order chi connectivity index (χ0) is 18.9. The van der Waals surface area contributed by atoms with Crippen molar-refractivity contribution in [3.05, 3.63) is 23.8 Å². The molecule has 1 aliphatic carbocycles. The molecule has 1 fully saturated rings. The Bertz CT molecular complexity index is 783. The lowest BCUT2D eigenvalue weighted by atomic mass is 9.83. The second-order valence-corrected chi connectivity index (χ2v) is 9.76. The number of hydrogen-bond donors (Lipinski definition) is 2. The number of ether oxygens (including phenoxy) is 1. The molecule has 3 N–H and O–H groups in total. The molecule has 26 heavy (non-hydrogen) atoms. The minimum Gasteiger partial charge on any atom is -0.486 e. The summed E-state index contributed by atoms with van der Waals surface area (Å²) in [4.78, 5) is 11.7. The molecule has 0 aromatic heterocycles. The minimum absolute atomic E-state index is 0.0191. The largest absolute Gasteiger partial charge is 0.486 e.